The van der Waals surface area contributed by atoms with Gasteiger partial charge in [0.1, 0.15) is 0 Å². The second kappa shape index (κ2) is 0.965. The molecule has 0 aromatic heterocycles. The second-order valence-corrected chi connectivity index (χ2v) is 1.47. The Bertz CT molecular complexity index is 71.6. The summed E-state index contributed by atoms with van der Waals surface area (Å²) in [5.74, 6) is 0.120. The fourth-order valence-electron chi connectivity index (χ4n) is 0.430. The van der Waals surface area contributed by atoms with Gasteiger partial charge < -0.3 is 5.32 Å². The van der Waals surface area contributed by atoms with Gasteiger partial charge in [0.2, 0.25) is 5.91 Å². The van der Waals surface area contributed by atoms with E-state index < -0.39 is 0 Å². The Hall–Kier alpha value is -0.530. The number of carbonyl (C=O) groups excluding carboxylic acids is 1. The standard InChI is InChI=1S/C4H6NO/c1-3-2-4(6)5-3/h3H,1-2H2,(H,5,6)/t3-/m0/s1. The molecule has 1 amide bonds. The maximum atomic E-state index is 9.96. The molecule has 1 aliphatic heterocycles. The molecule has 1 fully saturated rings. The highest BCUT2D eigenvalue weighted by Crippen LogP contribution is 1.99. The van der Waals surface area contributed by atoms with Crippen molar-refractivity contribution < 1.29 is 4.79 Å². The van der Waals surface area contributed by atoms with Gasteiger partial charge in [0.05, 0.1) is 0 Å². The van der Waals surface area contributed by atoms with Crippen LogP contribution in [0.2, 0.25) is 0 Å². The van der Waals surface area contributed by atoms with Crippen LogP contribution in [0.25, 0.3) is 0 Å². The molecular formula is C4H6NO. The van der Waals surface area contributed by atoms with E-state index in [0.717, 1.165) is 0 Å². The Morgan fingerprint density at radius 1 is 2.00 bits per heavy atom. The van der Waals surface area contributed by atoms with Crippen molar-refractivity contribution in [3.05, 3.63) is 6.92 Å². The second-order valence-electron chi connectivity index (χ2n) is 1.47. The summed E-state index contributed by atoms with van der Waals surface area (Å²) < 4.78 is 0. The van der Waals surface area contributed by atoms with E-state index in [0.29, 0.717) is 6.42 Å². The van der Waals surface area contributed by atoms with Crippen LogP contribution in [0.5, 0.6) is 0 Å². The molecule has 0 bridgehead atoms. The fraction of sp³-hybridized carbons (Fsp3) is 0.500. The van der Waals surface area contributed by atoms with E-state index in [1.807, 2.05) is 0 Å². The van der Waals surface area contributed by atoms with E-state index in [2.05, 4.69) is 12.2 Å². The predicted molar refractivity (Wildman–Crippen MR) is 21.9 cm³/mol. The number of rotatable bonds is 0. The van der Waals surface area contributed by atoms with E-state index in [4.69, 9.17) is 0 Å². The lowest BCUT2D eigenvalue weighted by Crippen LogP contribution is -2.46. The highest BCUT2D eigenvalue weighted by atomic mass is 16.2. The third-order valence-corrected chi connectivity index (χ3v) is 0.797. The summed E-state index contributed by atoms with van der Waals surface area (Å²) >= 11 is 0. The van der Waals surface area contributed by atoms with Gasteiger partial charge in [-0.3, -0.25) is 4.79 Å². The van der Waals surface area contributed by atoms with Crippen molar-refractivity contribution in [3.63, 3.8) is 0 Å². The minimum atomic E-state index is 0.120. The first kappa shape index (κ1) is 3.65. The predicted octanol–water partition coefficient (Wildman–Crippen LogP) is -0.291. The summed E-state index contributed by atoms with van der Waals surface area (Å²) in [5, 5.41) is 2.56. The third-order valence-electron chi connectivity index (χ3n) is 0.797. The maximum absolute atomic E-state index is 9.96. The third kappa shape index (κ3) is 0.379. The molecule has 1 aliphatic rings. The molecule has 0 spiro atoms. The highest BCUT2D eigenvalue weighted by Gasteiger charge is 2.18. The van der Waals surface area contributed by atoms with Crippen LogP contribution in [0.4, 0.5) is 0 Å². The van der Waals surface area contributed by atoms with Crippen LogP contribution in [-0.2, 0) is 4.79 Å². The topological polar surface area (TPSA) is 29.1 Å². The minimum absolute atomic E-state index is 0.120. The number of hydrogen-bond acceptors (Lipinski definition) is 1. The van der Waals surface area contributed by atoms with Gasteiger partial charge in [0.25, 0.3) is 0 Å². The molecule has 0 saturated carbocycles. The van der Waals surface area contributed by atoms with Gasteiger partial charge in [-0.1, -0.05) is 0 Å². The number of carbonyl (C=O) groups is 1. The SMILES string of the molecule is [CH2][C@H]1CC(=O)N1. The van der Waals surface area contributed by atoms with Crippen LogP contribution >= 0.6 is 0 Å². The molecule has 0 aliphatic carbocycles. The monoisotopic (exact) mass is 84.0 g/mol. The van der Waals surface area contributed by atoms with Gasteiger partial charge in [-0.15, -0.1) is 0 Å². The minimum Gasteiger partial charge on any atom is -0.353 e. The quantitative estimate of drug-likeness (QED) is 0.401. The van der Waals surface area contributed by atoms with Crippen LogP contribution in [0.3, 0.4) is 0 Å². The Kier molecular flexibility index (Phi) is 0.587. The van der Waals surface area contributed by atoms with Crippen LogP contribution in [-0.4, -0.2) is 11.9 Å². The summed E-state index contributed by atoms with van der Waals surface area (Å²) in [6.07, 6.45) is 0.611. The van der Waals surface area contributed by atoms with E-state index in [1.165, 1.54) is 0 Å². The van der Waals surface area contributed by atoms with Crippen molar-refractivity contribution >= 4 is 5.91 Å². The Labute approximate surface area is 36.5 Å². The summed E-state index contributed by atoms with van der Waals surface area (Å²) in [6, 6.07) is 0.192. The van der Waals surface area contributed by atoms with Crippen LogP contribution in [0, 0.1) is 6.92 Å². The molecule has 1 rings (SSSR count). The van der Waals surface area contributed by atoms with E-state index in [-0.39, 0.29) is 11.9 Å². The van der Waals surface area contributed by atoms with Gasteiger partial charge in [-0.05, 0) is 6.92 Å². The molecular weight excluding hydrogens is 78.0 g/mol. The molecule has 0 unspecified atom stereocenters. The molecule has 1 N–H and O–H groups in total. The van der Waals surface area contributed by atoms with Crippen LogP contribution in [0.1, 0.15) is 6.42 Å². The van der Waals surface area contributed by atoms with E-state index in [9.17, 15) is 4.79 Å². The maximum Gasteiger partial charge on any atom is 0.222 e. The van der Waals surface area contributed by atoms with Crippen molar-refractivity contribution in [1.82, 2.24) is 5.32 Å². The molecule has 1 atom stereocenters. The number of nitrogens with one attached hydrogen (secondary N) is 1. The van der Waals surface area contributed by atoms with Crippen molar-refractivity contribution in [2.75, 3.05) is 0 Å². The smallest absolute Gasteiger partial charge is 0.222 e. The van der Waals surface area contributed by atoms with Gasteiger partial charge >= 0.3 is 0 Å². The first-order chi connectivity index (χ1) is 2.79. The molecule has 6 heavy (non-hydrogen) atoms. The average Bonchev–Trinajstić information content (AvgIpc) is 1.33. The van der Waals surface area contributed by atoms with Crippen LogP contribution < -0.4 is 5.32 Å². The van der Waals surface area contributed by atoms with Gasteiger partial charge in [0, 0.05) is 12.5 Å². The first-order valence-corrected chi connectivity index (χ1v) is 1.91. The number of hydrogen-bond donors (Lipinski definition) is 1. The molecule has 1 heterocycles. The number of amides is 1. The van der Waals surface area contributed by atoms with Crippen molar-refractivity contribution in [1.29, 1.82) is 0 Å². The Balaban J connectivity index is 2.28. The molecule has 2 heteroatoms. The fourth-order valence-corrected chi connectivity index (χ4v) is 0.430. The number of β-lactam (4-membered cyclic amide) rings is 1. The van der Waals surface area contributed by atoms with Crippen molar-refractivity contribution in [2.24, 2.45) is 0 Å². The summed E-state index contributed by atoms with van der Waals surface area (Å²) in [7, 11) is 0. The zero-order valence-corrected chi connectivity index (χ0v) is 3.40. The zero-order chi connectivity index (χ0) is 4.57. The molecule has 1 saturated heterocycles. The van der Waals surface area contributed by atoms with E-state index in [1.54, 1.807) is 0 Å². The molecule has 0 aromatic rings. The molecule has 0 aromatic carbocycles. The van der Waals surface area contributed by atoms with Gasteiger partial charge in [-0.25, -0.2) is 0 Å². The van der Waals surface area contributed by atoms with Crippen molar-refractivity contribution in [2.45, 2.75) is 12.5 Å². The van der Waals surface area contributed by atoms with Gasteiger partial charge in [0.15, 0.2) is 0 Å². The lowest BCUT2D eigenvalue weighted by atomic mass is 10.1. The molecule has 2 nitrogen and oxygen atoms in total. The Morgan fingerprint density at radius 3 is 2.50 bits per heavy atom. The highest BCUT2D eigenvalue weighted by molar-refractivity contribution is 5.82. The largest absolute Gasteiger partial charge is 0.353 e. The summed E-state index contributed by atoms with van der Waals surface area (Å²) in [6.45, 7) is 3.56. The average molecular weight is 84.1 g/mol. The Morgan fingerprint density at radius 2 is 2.50 bits per heavy atom. The van der Waals surface area contributed by atoms with Gasteiger partial charge in [-0.2, -0.15) is 0 Å². The van der Waals surface area contributed by atoms with Crippen LogP contribution in [0.15, 0.2) is 0 Å². The van der Waals surface area contributed by atoms with Crippen molar-refractivity contribution in [3.8, 4) is 0 Å². The normalized spacial score (nSPS) is 31.5. The molecule has 1 radical (unpaired) electrons. The summed E-state index contributed by atoms with van der Waals surface area (Å²) in [5.41, 5.74) is 0. The zero-order valence-electron chi connectivity index (χ0n) is 3.40. The van der Waals surface area contributed by atoms with E-state index >= 15 is 0 Å². The lowest BCUT2D eigenvalue weighted by Gasteiger charge is -2.21. The molecule has 33 valence electrons. The summed E-state index contributed by atoms with van der Waals surface area (Å²) in [4.78, 5) is 9.96. The first-order valence-electron chi connectivity index (χ1n) is 1.91. The lowest BCUT2D eigenvalue weighted by molar-refractivity contribution is -0.127.